The molecule has 3 aromatic carbocycles. The lowest BCUT2D eigenvalue weighted by atomic mass is 9.95. The van der Waals surface area contributed by atoms with Crippen LogP contribution in [0.2, 0.25) is 0 Å². The van der Waals surface area contributed by atoms with E-state index in [1.807, 2.05) is 0 Å². The van der Waals surface area contributed by atoms with Crippen LogP contribution in [0, 0.1) is 0 Å². The molecule has 226 valence electrons. The van der Waals surface area contributed by atoms with Gasteiger partial charge >= 0.3 is 5.97 Å². The number of hydrogen-bond acceptors (Lipinski definition) is 13. The van der Waals surface area contributed by atoms with E-state index in [2.05, 4.69) is 0 Å². The number of esters is 1. The van der Waals surface area contributed by atoms with Crippen LogP contribution in [0.15, 0.2) is 60.7 Å². The first-order chi connectivity index (χ1) is 20.5. The molecule has 0 saturated carbocycles. The zero-order valence-corrected chi connectivity index (χ0v) is 22.3. The van der Waals surface area contributed by atoms with Crippen molar-refractivity contribution in [3.8, 4) is 34.5 Å². The zero-order valence-electron chi connectivity index (χ0n) is 22.3. The van der Waals surface area contributed by atoms with Gasteiger partial charge in [-0.25, -0.2) is 4.79 Å². The molecule has 7 N–H and O–H groups in total. The Balaban J connectivity index is 1.27. The Morgan fingerprint density at radius 3 is 2.35 bits per heavy atom. The Morgan fingerprint density at radius 1 is 0.884 bits per heavy atom. The predicted molar refractivity (Wildman–Crippen MR) is 146 cm³/mol. The number of carbonyl (C=O) groups is 2. The summed E-state index contributed by atoms with van der Waals surface area (Å²) in [6, 6.07) is 12.3. The van der Waals surface area contributed by atoms with Crippen molar-refractivity contribution in [1.29, 1.82) is 0 Å². The van der Waals surface area contributed by atoms with Gasteiger partial charge in [-0.15, -0.1) is 0 Å². The molecule has 0 radical (unpaired) electrons. The molecule has 2 aliphatic rings. The number of phenolic OH excluding ortho intramolecular Hbond substituents is 4. The topological polar surface area (TPSA) is 213 Å². The van der Waals surface area contributed by atoms with Gasteiger partial charge < -0.3 is 54.7 Å². The van der Waals surface area contributed by atoms with Gasteiger partial charge in [0.25, 0.3) is 0 Å². The van der Waals surface area contributed by atoms with Crippen LogP contribution in [0.4, 0.5) is 0 Å². The van der Waals surface area contributed by atoms with Gasteiger partial charge in [0.2, 0.25) is 6.29 Å². The largest absolute Gasteiger partial charge is 0.508 e. The minimum Gasteiger partial charge on any atom is -0.508 e. The monoisotopic (exact) mass is 596 g/mol. The van der Waals surface area contributed by atoms with Crippen LogP contribution < -0.4 is 9.47 Å². The van der Waals surface area contributed by atoms with Gasteiger partial charge in [-0.1, -0.05) is 18.2 Å². The summed E-state index contributed by atoms with van der Waals surface area (Å²) >= 11 is 0. The van der Waals surface area contributed by atoms with E-state index < -0.39 is 66.7 Å². The minimum atomic E-state index is -1.76. The molecule has 2 aliphatic heterocycles. The molecule has 0 spiro atoms. The second-order valence-corrected chi connectivity index (χ2v) is 9.98. The maximum absolute atomic E-state index is 12.8. The molecular weight excluding hydrogens is 568 g/mol. The number of benzene rings is 3. The van der Waals surface area contributed by atoms with E-state index in [0.717, 1.165) is 12.1 Å². The maximum atomic E-state index is 12.8. The number of phenols is 4. The molecule has 1 fully saturated rings. The van der Waals surface area contributed by atoms with E-state index >= 15 is 0 Å². The summed E-state index contributed by atoms with van der Waals surface area (Å²) in [5.41, 5.74) is 0.887. The van der Waals surface area contributed by atoms with Crippen LogP contribution >= 0.6 is 0 Å². The van der Waals surface area contributed by atoms with Gasteiger partial charge in [0.05, 0.1) is 6.42 Å². The molecule has 6 atom stereocenters. The third-order valence-electron chi connectivity index (χ3n) is 6.96. The van der Waals surface area contributed by atoms with E-state index in [4.69, 9.17) is 18.9 Å². The summed E-state index contributed by atoms with van der Waals surface area (Å²) in [5.74, 6) is -2.63. The van der Waals surface area contributed by atoms with Crippen molar-refractivity contribution in [2.75, 3.05) is 6.61 Å². The summed E-state index contributed by atoms with van der Waals surface area (Å²) in [7, 11) is 0. The van der Waals surface area contributed by atoms with E-state index in [1.165, 1.54) is 42.5 Å². The van der Waals surface area contributed by atoms with Crippen molar-refractivity contribution in [3.05, 3.63) is 77.4 Å². The lowest BCUT2D eigenvalue weighted by molar-refractivity contribution is -0.278. The lowest BCUT2D eigenvalue weighted by Gasteiger charge is -2.40. The molecule has 2 heterocycles. The zero-order chi connectivity index (χ0) is 30.8. The highest BCUT2D eigenvalue weighted by Gasteiger charge is 2.45. The molecule has 0 bridgehead atoms. The van der Waals surface area contributed by atoms with Gasteiger partial charge in [0.15, 0.2) is 17.3 Å². The third kappa shape index (κ3) is 6.49. The molecule has 43 heavy (non-hydrogen) atoms. The number of hydrogen-bond donors (Lipinski definition) is 7. The number of Topliss-reactive ketones (excluding diaryl/α,β-unsaturated/α-hetero) is 1. The van der Waals surface area contributed by atoms with E-state index in [1.54, 1.807) is 12.1 Å². The van der Waals surface area contributed by atoms with E-state index in [0.29, 0.717) is 11.1 Å². The fraction of sp³-hybridized carbons (Fsp3) is 0.267. The fourth-order valence-corrected chi connectivity index (χ4v) is 4.66. The first-order valence-electron chi connectivity index (χ1n) is 13.1. The number of aromatic hydroxyl groups is 4. The van der Waals surface area contributed by atoms with Gasteiger partial charge in [0.1, 0.15) is 65.7 Å². The highest BCUT2D eigenvalue weighted by atomic mass is 16.7. The Kier molecular flexibility index (Phi) is 8.41. The minimum absolute atomic E-state index is 0.0618. The number of rotatable bonds is 7. The molecule has 13 heteroatoms. The van der Waals surface area contributed by atoms with Crippen LogP contribution in [0.3, 0.4) is 0 Å². The number of fused-ring (bicyclic) bond motifs is 1. The number of carbonyl (C=O) groups excluding carboxylic acids is 2. The summed E-state index contributed by atoms with van der Waals surface area (Å²) < 4.78 is 22.2. The molecule has 5 rings (SSSR count). The molecule has 0 amide bonds. The normalized spacial score (nSPS) is 25.1. The molecule has 3 aromatic rings. The maximum Gasteiger partial charge on any atom is 0.330 e. The van der Waals surface area contributed by atoms with Crippen molar-refractivity contribution in [1.82, 2.24) is 0 Å². The molecule has 6 unspecified atom stereocenters. The van der Waals surface area contributed by atoms with Crippen LogP contribution in [-0.2, 0) is 14.3 Å². The molecule has 13 nitrogen and oxygen atoms in total. The Morgan fingerprint density at radius 2 is 1.63 bits per heavy atom. The predicted octanol–water partition coefficient (Wildman–Crippen LogP) is 1.66. The Labute approximate surface area is 244 Å². The third-order valence-corrected chi connectivity index (χ3v) is 6.96. The standard InChI is InChI=1S/C30H28O13/c31-16-5-1-14(2-6-16)3-8-25(36)40-13-24-27(37)28(38)29(39)30(43-24)41-17-10-20(34)26-21(35)12-22(42-23(26)11-17)15-4-7-18(32)19(33)9-15/h1-11,22,24,27-34,37-39H,12-13H2/b8-3+. The number of aliphatic hydroxyl groups excluding tert-OH is 3. The van der Waals surface area contributed by atoms with Crippen molar-refractivity contribution in [3.63, 3.8) is 0 Å². The van der Waals surface area contributed by atoms with Crippen molar-refractivity contribution in [2.24, 2.45) is 0 Å². The first-order valence-corrected chi connectivity index (χ1v) is 13.1. The van der Waals surface area contributed by atoms with Crippen molar-refractivity contribution >= 4 is 17.8 Å². The summed E-state index contributed by atoms with van der Waals surface area (Å²) in [6.45, 7) is -0.516. The quantitative estimate of drug-likeness (QED) is 0.118. The number of aliphatic hydroxyl groups is 3. The SMILES string of the molecule is O=C(/C=C/c1ccc(O)cc1)OCC1OC(Oc2cc(O)c3c(c2)OC(c2ccc(O)c(O)c2)CC3=O)C(O)C(O)C1O. The molecular formula is C30H28O13. The Hall–Kier alpha value is -4.82. The highest BCUT2D eigenvalue weighted by molar-refractivity contribution is 6.02. The van der Waals surface area contributed by atoms with Crippen LogP contribution in [-0.4, -0.2) is 84.8 Å². The smallest absolute Gasteiger partial charge is 0.330 e. The fourth-order valence-electron chi connectivity index (χ4n) is 4.66. The average Bonchev–Trinajstić information content (AvgIpc) is 2.97. The second kappa shape index (κ2) is 12.2. The molecule has 0 aliphatic carbocycles. The van der Waals surface area contributed by atoms with E-state index in [-0.39, 0.29) is 35.0 Å². The summed E-state index contributed by atoms with van der Waals surface area (Å²) in [4.78, 5) is 25.0. The van der Waals surface area contributed by atoms with Gasteiger partial charge in [-0.2, -0.15) is 0 Å². The molecule has 0 aromatic heterocycles. The van der Waals surface area contributed by atoms with E-state index in [9.17, 15) is 45.3 Å². The van der Waals surface area contributed by atoms with Gasteiger partial charge in [-0.3, -0.25) is 4.79 Å². The Bertz CT molecular complexity index is 1530. The van der Waals surface area contributed by atoms with Crippen molar-refractivity contribution < 1.29 is 64.3 Å². The first kappa shape index (κ1) is 29.7. The van der Waals surface area contributed by atoms with Gasteiger partial charge in [-0.05, 0) is 41.5 Å². The van der Waals surface area contributed by atoms with Crippen LogP contribution in [0.25, 0.3) is 6.08 Å². The van der Waals surface area contributed by atoms with Crippen molar-refractivity contribution in [2.45, 2.75) is 43.2 Å². The summed E-state index contributed by atoms with van der Waals surface area (Å²) in [5, 5.41) is 70.6. The molecule has 1 saturated heterocycles. The number of ether oxygens (including phenoxy) is 4. The van der Waals surface area contributed by atoms with Crippen LogP contribution in [0.5, 0.6) is 34.5 Å². The highest BCUT2D eigenvalue weighted by Crippen LogP contribution is 2.43. The second-order valence-electron chi connectivity index (χ2n) is 9.98. The van der Waals surface area contributed by atoms with Gasteiger partial charge in [0, 0.05) is 18.2 Å². The average molecular weight is 597 g/mol. The van der Waals surface area contributed by atoms with Crippen LogP contribution in [0.1, 0.15) is 34.0 Å². The number of ketones is 1. The summed E-state index contributed by atoms with van der Waals surface area (Å²) in [6.07, 6.45) is -6.55. The lowest BCUT2D eigenvalue weighted by Crippen LogP contribution is -2.60.